The standard InChI is InChI=1S/C19H29N3O4S/c1-14(2)9-11-22-12-10-16(7-8-19(22)24)21-27(25,26)18-6-4-5-17(13-18)20-15(3)23/h4-6,13-14,16,21H,7-12H2,1-3H3,(H,20,23). The van der Waals surface area contributed by atoms with Gasteiger partial charge in [-0.2, -0.15) is 0 Å². The van der Waals surface area contributed by atoms with Crippen LogP contribution in [0.1, 0.15) is 46.5 Å². The van der Waals surface area contributed by atoms with Crippen LogP contribution in [0.3, 0.4) is 0 Å². The molecule has 7 nitrogen and oxygen atoms in total. The number of carbonyl (C=O) groups is 2. The number of hydrogen-bond donors (Lipinski definition) is 2. The summed E-state index contributed by atoms with van der Waals surface area (Å²) < 4.78 is 28.1. The van der Waals surface area contributed by atoms with E-state index in [-0.39, 0.29) is 22.8 Å². The quantitative estimate of drug-likeness (QED) is 0.741. The second kappa shape index (κ2) is 9.32. The number of rotatable bonds is 7. The Bertz CT molecular complexity index is 777. The van der Waals surface area contributed by atoms with Crippen molar-refractivity contribution in [2.45, 2.75) is 57.4 Å². The summed E-state index contributed by atoms with van der Waals surface area (Å²) in [5.41, 5.74) is 0.432. The molecule has 8 heteroatoms. The van der Waals surface area contributed by atoms with Gasteiger partial charge in [-0.15, -0.1) is 0 Å². The van der Waals surface area contributed by atoms with Gasteiger partial charge in [0.2, 0.25) is 21.8 Å². The minimum Gasteiger partial charge on any atom is -0.343 e. The van der Waals surface area contributed by atoms with Crippen molar-refractivity contribution in [1.82, 2.24) is 9.62 Å². The van der Waals surface area contributed by atoms with Crippen molar-refractivity contribution in [3.8, 4) is 0 Å². The summed E-state index contributed by atoms with van der Waals surface area (Å²) in [4.78, 5) is 25.4. The molecule has 0 aliphatic carbocycles. The van der Waals surface area contributed by atoms with Crippen molar-refractivity contribution < 1.29 is 18.0 Å². The predicted octanol–water partition coefficient (Wildman–Crippen LogP) is 2.35. The topological polar surface area (TPSA) is 95.6 Å². The summed E-state index contributed by atoms with van der Waals surface area (Å²) in [7, 11) is -3.73. The molecular formula is C19H29N3O4S. The van der Waals surface area contributed by atoms with Crippen LogP contribution in [0.4, 0.5) is 5.69 Å². The molecule has 2 N–H and O–H groups in total. The number of nitrogens with one attached hydrogen (secondary N) is 2. The predicted molar refractivity (Wildman–Crippen MR) is 105 cm³/mol. The molecule has 0 radical (unpaired) electrons. The van der Waals surface area contributed by atoms with E-state index in [0.717, 1.165) is 6.42 Å². The lowest BCUT2D eigenvalue weighted by Crippen LogP contribution is -2.36. The summed E-state index contributed by atoms with van der Waals surface area (Å²) >= 11 is 0. The van der Waals surface area contributed by atoms with Crippen LogP contribution in [0, 0.1) is 5.92 Å². The number of carbonyl (C=O) groups excluding carboxylic acids is 2. The van der Waals surface area contributed by atoms with Crippen LogP contribution in [0.15, 0.2) is 29.2 Å². The molecule has 0 aromatic heterocycles. The largest absolute Gasteiger partial charge is 0.343 e. The van der Waals surface area contributed by atoms with E-state index in [2.05, 4.69) is 23.9 Å². The van der Waals surface area contributed by atoms with Crippen molar-refractivity contribution in [2.24, 2.45) is 5.92 Å². The maximum atomic E-state index is 12.7. The first-order valence-corrected chi connectivity index (χ1v) is 10.8. The third-order valence-electron chi connectivity index (χ3n) is 4.57. The summed E-state index contributed by atoms with van der Waals surface area (Å²) in [6, 6.07) is 5.86. The van der Waals surface area contributed by atoms with Gasteiger partial charge in [-0.05, 0) is 43.4 Å². The van der Waals surface area contributed by atoms with E-state index in [0.29, 0.717) is 44.0 Å². The van der Waals surface area contributed by atoms with Gasteiger partial charge < -0.3 is 10.2 Å². The Morgan fingerprint density at radius 2 is 2.04 bits per heavy atom. The van der Waals surface area contributed by atoms with E-state index < -0.39 is 10.0 Å². The van der Waals surface area contributed by atoms with Gasteiger partial charge in [-0.25, -0.2) is 13.1 Å². The summed E-state index contributed by atoms with van der Waals surface area (Å²) in [5.74, 6) is 0.345. The first-order chi connectivity index (χ1) is 12.7. The molecule has 0 spiro atoms. The number of amides is 2. The van der Waals surface area contributed by atoms with Crippen LogP contribution in [0.2, 0.25) is 0 Å². The molecular weight excluding hydrogens is 366 g/mol. The van der Waals surface area contributed by atoms with E-state index in [4.69, 9.17) is 0 Å². The molecule has 2 amide bonds. The normalized spacial score (nSPS) is 18.4. The zero-order valence-electron chi connectivity index (χ0n) is 16.2. The lowest BCUT2D eigenvalue weighted by atomic mass is 10.1. The van der Waals surface area contributed by atoms with Gasteiger partial charge in [0.15, 0.2) is 0 Å². The number of likely N-dealkylation sites (tertiary alicyclic amines) is 1. The molecule has 1 aromatic rings. The van der Waals surface area contributed by atoms with Crippen LogP contribution in [0.5, 0.6) is 0 Å². The second-order valence-electron chi connectivity index (χ2n) is 7.42. The Morgan fingerprint density at radius 1 is 1.30 bits per heavy atom. The Balaban J connectivity index is 2.03. The number of sulfonamides is 1. The van der Waals surface area contributed by atoms with Crippen LogP contribution in [0.25, 0.3) is 0 Å². The van der Waals surface area contributed by atoms with E-state index in [1.807, 2.05) is 4.90 Å². The molecule has 150 valence electrons. The van der Waals surface area contributed by atoms with Gasteiger partial charge in [0.25, 0.3) is 0 Å². The fourth-order valence-electron chi connectivity index (χ4n) is 3.04. The molecule has 1 unspecified atom stereocenters. The Labute approximate surface area is 161 Å². The van der Waals surface area contributed by atoms with Crippen LogP contribution >= 0.6 is 0 Å². The molecule has 1 aliphatic rings. The minimum absolute atomic E-state index is 0.0880. The Morgan fingerprint density at radius 3 is 2.70 bits per heavy atom. The number of nitrogens with zero attached hydrogens (tertiary/aromatic N) is 1. The Hall–Kier alpha value is -1.93. The van der Waals surface area contributed by atoms with E-state index in [9.17, 15) is 18.0 Å². The van der Waals surface area contributed by atoms with E-state index in [1.165, 1.54) is 19.1 Å². The zero-order valence-corrected chi connectivity index (χ0v) is 17.0. The van der Waals surface area contributed by atoms with Gasteiger partial charge >= 0.3 is 0 Å². The average molecular weight is 396 g/mol. The van der Waals surface area contributed by atoms with E-state index >= 15 is 0 Å². The maximum Gasteiger partial charge on any atom is 0.240 e. The maximum absolute atomic E-state index is 12.7. The van der Waals surface area contributed by atoms with Crippen molar-refractivity contribution in [2.75, 3.05) is 18.4 Å². The SMILES string of the molecule is CC(=O)Nc1cccc(S(=O)(=O)NC2CCC(=O)N(CCC(C)C)CC2)c1. The molecule has 27 heavy (non-hydrogen) atoms. The highest BCUT2D eigenvalue weighted by Gasteiger charge is 2.26. The lowest BCUT2D eigenvalue weighted by molar-refractivity contribution is -0.130. The molecule has 1 saturated heterocycles. The first-order valence-electron chi connectivity index (χ1n) is 9.35. The van der Waals surface area contributed by atoms with Crippen molar-refractivity contribution >= 4 is 27.5 Å². The fourth-order valence-corrected chi connectivity index (χ4v) is 4.39. The molecule has 1 atom stereocenters. The third kappa shape index (κ3) is 6.62. The molecule has 2 rings (SSSR count). The van der Waals surface area contributed by atoms with Crippen molar-refractivity contribution in [1.29, 1.82) is 0 Å². The lowest BCUT2D eigenvalue weighted by Gasteiger charge is -2.22. The average Bonchev–Trinajstić information content (AvgIpc) is 2.74. The molecule has 1 aromatic carbocycles. The smallest absolute Gasteiger partial charge is 0.240 e. The molecule has 1 heterocycles. The minimum atomic E-state index is -3.73. The third-order valence-corrected chi connectivity index (χ3v) is 6.09. The summed E-state index contributed by atoms with van der Waals surface area (Å²) in [6.45, 7) is 6.88. The number of benzene rings is 1. The van der Waals surface area contributed by atoms with Crippen LogP contribution in [-0.4, -0.2) is 44.3 Å². The first kappa shape index (κ1) is 21.4. The van der Waals surface area contributed by atoms with Crippen LogP contribution < -0.4 is 10.0 Å². The van der Waals surface area contributed by atoms with Crippen molar-refractivity contribution in [3.05, 3.63) is 24.3 Å². The molecule has 0 bridgehead atoms. The summed E-state index contributed by atoms with van der Waals surface area (Å²) in [6.07, 6.45) is 2.37. The highest BCUT2D eigenvalue weighted by atomic mass is 32.2. The second-order valence-corrected chi connectivity index (χ2v) is 9.13. The number of hydrogen-bond acceptors (Lipinski definition) is 4. The van der Waals surface area contributed by atoms with Gasteiger partial charge in [-0.3, -0.25) is 9.59 Å². The van der Waals surface area contributed by atoms with Gasteiger partial charge in [0.05, 0.1) is 4.90 Å². The molecule has 1 aliphatic heterocycles. The Kier molecular flexibility index (Phi) is 7.38. The van der Waals surface area contributed by atoms with Gasteiger partial charge in [0.1, 0.15) is 0 Å². The van der Waals surface area contributed by atoms with Crippen molar-refractivity contribution in [3.63, 3.8) is 0 Å². The van der Waals surface area contributed by atoms with Crippen LogP contribution in [-0.2, 0) is 19.6 Å². The zero-order chi connectivity index (χ0) is 20.0. The monoisotopic (exact) mass is 395 g/mol. The molecule has 0 saturated carbocycles. The number of anilines is 1. The fraction of sp³-hybridized carbons (Fsp3) is 0.579. The van der Waals surface area contributed by atoms with Gasteiger partial charge in [0, 0.05) is 38.2 Å². The highest BCUT2D eigenvalue weighted by molar-refractivity contribution is 7.89. The summed E-state index contributed by atoms with van der Waals surface area (Å²) in [5, 5.41) is 2.58. The highest BCUT2D eigenvalue weighted by Crippen LogP contribution is 2.19. The molecule has 1 fully saturated rings. The van der Waals surface area contributed by atoms with Gasteiger partial charge in [-0.1, -0.05) is 19.9 Å². The van der Waals surface area contributed by atoms with E-state index in [1.54, 1.807) is 12.1 Å².